The Morgan fingerprint density at radius 1 is 0.429 bits per heavy atom. The van der Waals surface area contributed by atoms with Gasteiger partial charge in [0.1, 0.15) is 0 Å². The van der Waals surface area contributed by atoms with Crippen LogP contribution in [0.15, 0.2) is 121 Å². The van der Waals surface area contributed by atoms with Crippen molar-refractivity contribution in [2.75, 3.05) is 28.4 Å². The standard InChI is InChI=1S/C37H34O5/c1-38-32-23-22-27(20-21-28-25-34(39-2)36(41-4)35(26-28)40-3)24-33(32)42-37(29-14-8-5-9-15-29,30-16-10-6-11-17-30)31-18-12-7-13-19-31/h5-26H,1-4H3/b21-20-. The summed E-state index contributed by atoms with van der Waals surface area (Å²) >= 11 is 0. The summed E-state index contributed by atoms with van der Waals surface area (Å²) in [5, 5.41) is 0. The van der Waals surface area contributed by atoms with Crippen molar-refractivity contribution in [3.8, 4) is 28.7 Å². The average Bonchev–Trinajstić information content (AvgIpc) is 3.06. The van der Waals surface area contributed by atoms with Crippen molar-refractivity contribution in [1.82, 2.24) is 0 Å². The maximum atomic E-state index is 7.16. The van der Waals surface area contributed by atoms with Crippen molar-refractivity contribution in [2.24, 2.45) is 0 Å². The molecular formula is C37H34O5. The number of benzene rings is 5. The van der Waals surface area contributed by atoms with Crippen molar-refractivity contribution in [2.45, 2.75) is 5.60 Å². The molecule has 0 aromatic heterocycles. The van der Waals surface area contributed by atoms with Crippen LogP contribution in [0.1, 0.15) is 27.8 Å². The molecule has 5 heteroatoms. The summed E-state index contributed by atoms with van der Waals surface area (Å²) in [5.74, 6) is 2.98. The van der Waals surface area contributed by atoms with Crippen LogP contribution >= 0.6 is 0 Å². The highest BCUT2D eigenvalue weighted by Crippen LogP contribution is 2.44. The van der Waals surface area contributed by atoms with Gasteiger partial charge in [-0.25, -0.2) is 0 Å². The normalized spacial score (nSPS) is 11.2. The van der Waals surface area contributed by atoms with Crippen LogP contribution in [0.4, 0.5) is 0 Å². The fourth-order valence-corrected chi connectivity index (χ4v) is 5.13. The Morgan fingerprint density at radius 2 is 0.857 bits per heavy atom. The van der Waals surface area contributed by atoms with E-state index in [1.54, 1.807) is 28.4 Å². The molecule has 0 spiro atoms. The lowest BCUT2D eigenvalue weighted by atomic mass is 9.80. The fourth-order valence-electron chi connectivity index (χ4n) is 5.13. The van der Waals surface area contributed by atoms with Gasteiger partial charge in [0.15, 0.2) is 28.6 Å². The minimum Gasteiger partial charge on any atom is -0.493 e. The molecule has 0 aliphatic rings. The molecule has 0 saturated heterocycles. The minimum atomic E-state index is -0.934. The first kappa shape index (κ1) is 28.4. The molecule has 0 fully saturated rings. The average molecular weight is 559 g/mol. The monoisotopic (exact) mass is 558 g/mol. The second kappa shape index (κ2) is 13.0. The van der Waals surface area contributed by atoms with Crippen molar-refractivity contribution in [3.63, 3.8) is 0 Å². The molecule has 5 nitrogen and oxygen atoms in total. The van der Waals surface area contributed by atoms with Gasteiger partial charge in [0.2, 0.25) is 5.75 Å². The van der Waals surface area contributed by atoms with E-state index in [1.165, 1.54) is 0 Å². The summed E-state index contributed by atoms with van der Waals surface area (Å²) in [4.78, 5) is 0. The molecule has 0 bridgehead atoms. The van der Waals surface area contributed by atoms with Crippen LogP contribution in [0.3, 0.4) is 0 Å². The first-order chi connectivity index (χ1) is 20.6. The van der Waals surface area contributed by atoms with Crippen LogP contribution in [-0.2, 0) is 5.60 Å². The molecule has 42 heavy (non-hydrogen) atoms. The van der Waals surface area contributed by atoms with E-state index in [0.29, 0.717) is 28.7 Å². The topological polar surface area (TPSA) is 46.2 Å². The molecule has 0 aliphatic heterocycles. The number of hydrogen-bond acceptors (Lipinski definition) is 5. The molecule has 5 aromatic rings. The Hall–Kier alpha value is -5.16. The molecule has 0 aliphatic carbocycles. The predicted molar refractivity (Wildman–Crippen MR) is 168 cm³/mol. The molecule has 0 amide bonds. The number of ether oxygens (including phenoxy) is 5. The third-order valence-electron chi connectivity index (χ3n) is 7.15. The first-order valence-corrected chi connectivity index (χ1v) is 13.6. The van der Waals surface area contributed by atoms with Gasteiger partial charge < -0.3 is 23.7 Å². The lowest BCUT2D eigenvalue weighted by Crippen LogP contribution is -2.36. The van der Waals surface area contributed by atoms with Crippen molar-refractivity contribution in [1.29, 1.82) is 0 Å². The summed E-state index contributed by atoms with van der Waals surface area (Å²) in [6, 6.07) is 40.6. The second-order valence-corrected chi connectivity index (χ2v) is 9.58. The number of rotatable bonds is 11. The Kier molecular flexibility index (Phi) is 8.78. The van der Waals surface area contributed by atoms with Crippen LogP contribution < -0.4 is 23.7 Å². The largest absolute Gasteiger partial charge is 0.493 e. The van der Waals surface area contributed by atoms with Crippen molar-refractivity contribution in [3.05, 3.63) is 149 Å². The summed E-state index contributed by atoms with van der Waals surface area (Å²) in [5.41, 5.74) is 3.90. The van der Waals surface area contributed by atoms with Gasteiger partial charge in [-0.3, -0.25) is 0 Å². The minimum absolute atomic E-state index is 0.552. The molecular weight excluding hydrogens is 524 g/mol. The Bertz CT molecular complexity index is 1510. The Morgan fingerprint density at radius 3 is 1.29 bits per heavy atom. The molecule has 0 unspecified atom stereocenters. The van der Waals surface area contributed by atoms with E-state index in [0.717, 1.165) is 27.8 Å². The fraction of sp³-hybridized carbons (Fsp3) is 0.135. The van der Waals surface area contributed by atoms with Crippen LogP contribution in [0.25, 0.3) is 12.2 Å². The number of methoxy groups -OCH3 is 4. The van der Waals surface area contributed by atoms with E-state index in [-0.39, 0.29) is 0 Å². The van der Waals surface area contributed by atoms with Gasteiger partial charge in [-0.05, 0) is 35.4 Å². The summed E-state index contributed by atoms with van der Waals surface area (Å²) in [6.45, 7) is 0. The SMILES string of the molecule is COc1ccc(/C=C\c2cc(OC)c(OC)c(OC)c2)cc1OC(c1ccccc1)(c1ccccc1)c1ccccc1. The van der Waals surface area contributed by atoms with Gasteiger partial charge in [0, 0.05) is 16.7 Å². The zero-order valence-corrected chi connectivity index (χ0v) is 24.2. The van der Waals surface area contributed by atoms with Crippen LogP contribution in [0.2, 0.25) is 0 Å². The molecule has 5 rings (SSSR count). The molecule has 212 valence electrons. The molecule has 0 radical (unpaired) electrons. The highest BCUT2D eigenvalue weighted by atomic mass is 16.5. The van der Waals surface area contributed by atoms with E-state index in [4.69, 9.17) is 23.7 Å². The molecule has 5 aromatic carbocycles. The quantitative estimate of drug-likeness (QED) is 0.121. The van der Waals surface area contributed by atoms with E-state index in [2.05, 4.69) is 36.4 Å². The maximum absolute atomic E-state index is 7.16. The van der Waals surface area contributed by atoms with Gasteiger partial charge in [0.05, 0.1) is 28.4 Å². The molecule has 0 atom stereocenters. The lowest BCUT2D eigenvalue weighted by molar-refractivity contribution is 0.149. The Labute approximate surface area is 247 Å². The van der Waals surface area contributed by atoms with E-state index in [9.17, 15) is 0 Å². The summed E-state index contributed by atoms with van der Waals surface area (Å²) in [6.07, 6.45) is 4.01. The van der Waals surface area contributed by atoms with Crippen LogP contribution in [-0.4, -0.2) is 28.4 Å². The lowest BCUT2D eigenvalue weighted by Gasteiger charge is -2.36. The molecule has 0 saturated carbocycles. The summed E-state index contributed by atoms with van der Waals surface area (Å²) < 4.78 is 29.5. The molecule has 0 N–H and O–H groups in total. The van der Waals surface area contributed by atoms with Gasteiger partial charge in [0.25, 0.3) is 0 Å². The number of hydrogen-bond donors (Lipinski definition) is 0. The highest BCUT2D eigenvalue weighted by Gasteiger charge is 2.39. The van der Waals surface area contributed by atoms with E-state index in [1.807, 2.05) is 97.1 Å². The van der Waals surface area contributed by atoms with Gasteiger partial charge in [-0.1, -0.05) is 109 Å². The Balaban J connectivity index is 1.62. The third-order valence-corrected chi connectivity index (χ3v) is 7.15. The van der Waals surface area contributed by atoms with Crippen molar-refractivity contribution < 1.29 is 23.7 Å². The van der Waals surface area contributed by atoms with Crippen molar-refractivity contribution >= 4 is 12.2 Å². The van der Waals surface area contributed by atoms with Gasteiger partial charge >= 0.3 is 0 Å². The van der Waals surface area contributed by atoms with Gasteiger partial charge in [-0.15, -0.1) is 0 Å². The zero-order valence-electron chi connectivity index (χ0n) is 24.2. The third kappa shape index (κ3) is 5.68. The highest BCUT2D eigenvalue weighted by molar-refractivity contribution is 5.74. The van der Waals surface area contributed by atoms with Crippen LogP contribution in [0.5, 0.6) is 28.7 Å². The maximum Gasteiger partial charge on any atom is 0.203 e. The van der Waals surface area contributed by atoms with E-state index < -0.39 is 5.60 Å². The summed E-state index contributed by atoms with van der Waals surface area (Å²) in [7, 11) is 6.46. The van der Waals surface area contributed by atoms with Crippen LogP contribution in [0, 0.1) is 0 Å². The molecule has 0 heterocycles. The van der Waals surface area contributed by atoms with Gasteiger partial charge in [-0.2, -0.15) is 0 Å². The second-order valence-electron chi connectivity index (χ2n) is 9.58. The van der Waals surface area contributed by atoms with E-state index >= 15 is 0 Å². The zero-order chi connectivity index (χ0) is 29.4. The first-order valence-electron chi connectivity index (χ1n) is 13.6. The predicted octanol–water partition coefficient (Wildman–Crippen LogP) is 8.26. The smallest absolute Gasteiger partial charge is 0.203 e.